The summed E-state index contributed by atoms with van der Waals surface area (Å²) in [4.78, 5) is 28.5. The van der Waals surface area contributed by atoms with Crippen LogP contribution >= 0.6 is 0 Å². The van der Waals surface area contributed by atoms with Gasteiger partial charge in [0.05, 0.1) is 19.3 Å². The van der Waals surface area contributed by atoms with E-state index in [1.54, 1.807) is 15.6 Å². The summed E-state index contributed by atoms with van der Waals surface area (Å²) in [5.41, 5.74) is 2.58. The maximum atomic E-state index is 12.7. The third-order valence-corrected chi connectivity index (χ3v) is 4.15. The molecule has 3 aromatic rings. The Balaban J connectivity index is 1.77. The van der Waals surface area contributed by atoms with Crippen LogP contribution in [0.4, 0.5) is 0 Å². The number of benzene rings is 1. The van der Waals surface area contributed by atoms with E-state index >= 15 is 0 Å². The minimum absolute atomic E-state index is 0.0156. The number of aromatic nitrogens is 4. The van der Waals surface area contributed by atoms with Crippen molar-refractivity contribution in [3.8, 4) is 0 Å². The summed E-state index contributed by atoms with van der Waals surface area (Å²) in [5.74, 6) is -0.197. The summed E-state index contributed by atoms with van der Waals surface area (Å²) in [6.07, 6.45) is 3.06. The van der Waals surface area contributed by atoms with E-state index in [1.807, 2.05) is 31.2 Å². The van der Waals surface area contributed by atoms with E-state index in [1.165, 1.54) is 13.3 Å². The van der Waals surface area contributed by atoms with Gasteiger partial charge >= 0.3 is 0 Å². The van der Waals surface area contributed by atoms with E-state index in [0.717, 1.165) is 11.1 Å². The number of ether oxygens (including phenoxy) is 1. The van der Waals surface area contributed by atoms with Crippen molar-refractivity contribution in [2.45, 2.75) is 20.0 Å². The number of methoxy groups -OCH3 is 1. The zero-order valence-corrected chi connectivity index (χ0v) is 14.8. The van der Waals surface area contributed by atoms with Crippen molar-refractivity contribution in [2.24, 2.45) is 0 Å². The number of amides is 1. The summed E-state index contributed by atoms with van der Waals surface area (Å²) < 4.78 is 7.95. The third-order valence-electron chi connectivity index (χ3n) is 4.15. The molecule has 0 aliphatic heterocycles. The average molecular weight is 355 g/mol. The predicted molar refractivity (Wildman–Crippen MR) is 97.0 cm³/mol. The molecule has 0 aliphatic carbocycles. The highest BCUT2D eigenvalue weighted by atomic mass is 16.5. The summed E-state index contributed by atoms with van der Waals surface area (Å²) in [5, 5.41) is 7.40. The third kappa shape index (κ3) is 3.80. The minimum atomic E-state index is -0.197. The lowest BCUT2D eigenvalue weighted by atomic mass is 10.1. The molecule has 3 rings (SSSR count). The molecule has 1 amide bonds. The van der Waals surface area contributed by atoms with E-state index in [4.69, 9.17) is 4.74 Å². The molecule has 0 unspecified atom stereocenters. The molecule has 0 spiro atoms. The Morgan fingerprint density at radius 3 is 2.88 bits per heavy atom. The van der Waals surface area contributed by atoms with Crippen molar-refractivity contribution < 1.29 is 9.53 Å². The Kier molecular flexibility index (Phi) is 5.43. The van der Waals surface area contributed by atoms with Crippen molar-refractivity contribution in [1.29, 1.82) is 0 Å². The van der Waals surface area contributed by atoms with Gasteiger partial charge in [0.1, 0.15) is 18.3 Å². The number of nitrogens with zero attached hydrogens (tertiary/aromatic N) is 4. The smallest absolute Gasteiger partial charge is 0.264 e. The summed E-state index contributed by atoms with van der Waals surface area (Å²) >= 11 is 0. The highest BCUT2D eigenvalue weighted by molar-refractivity contribution is 5.77. The van der Waals surface area contributed by atoms with Crippen LogP contribution in [0.1, 0.15) is 11.1 Å². The van der Waals surface area contributed by atoms with E-state index < -0.39 is 0 Å². The average Bonchev–Trinajstić information content (AvgIpc) is 3.03. The van der Waals surface area contributed by atoms with Crippen molar-refractivity contribution in [2.75, 3.05) is 20.3 Å². The number of rotatable bonds is 7. The number of aryl methyl sites for hydroxylation is 1. The first kappa shape index (κ1) is 17.8. The highest BCUT2D eigenvalue weighted by Crippen LogP contribution is 2.10. The largest absolute Gasteiger partial charge is 0.375 e. The van der Waals surface area contributed by atoms with Gasteiger partial charge in [0, 0.05) is 13.7 Å². The van der Waals surface area contributed by atoms with Gasteiger partial charge in [0.15, 0.2) is 5.65 Å². The van der Waals surface area contributed by atoms with Crippen LogP contribution in [-0.4, -0.2) is 45.5 Å². The van der Waals surface area contributed by atoms with Crippen LogP contribution in [0, 0.1) is 6.92 Å². The lowest BCUT2D eigenvalue weighted by Crippen LogP contribution is -2.30. The number of hydrogen-bond acceptors (Lipinski definition) is 5. The molecule has 1 aromatic carbocycles. The molecule has 0 fully saturated rings. The molecule has 1 N–H and O–H groups in total. The minimum Gasteiger partial charge on any atom is -0.375 e. The maximum Gasteiger partial charge on any atom is 0.264 e. The highest BCUT2D eigenvalue weighted by Gasteiger charge is 2.11. The van der Waals surface area contributed by atoms with Crippen LogP contribution in [-0.2, 0) is 22.6 Å². The van der Waals surface area contributed by atoms with Gasteiger partial charge in [-0.25, -0.2) is 9.67 Å². The Bertz CT molecular complexity index is 976. The Hall–Kier alpha value is -3.00. The fourth-order valence-electron chi connectivity index (χ4n) is 2.73. The molecule has 26 heavy (non-hydrogen) atoms. The van der Waals surface area contributed by atoms with Gasteiger partial charge in [-0.3, -0.25) is 14.2 Å². The van der Waals surface area contributed by atoms with Crippen molar-refractivity contribution in [1.82, 2.24) is 24.6 Å². The van der Waals surface area contributed by atoms with Gasteiger partial charge in [0.25, 0.3) is 5.56 Å². The number of fused-ring (bicyclic) bond motifs is 1. The number of hydrogen-bond donors (Lipinski definition) is 1. The molecule has 0 saturated carbocycles. The standard InChI is InChI=1S/C18H21N5O3/c1-13-5-3-4-6-14(13)10-22-12-20-17-15(18(22)25)9-21-23(17)8-7-19-16(24)11-26-2/h3-6,9,12H,7-8,10-11H2,1-2H3,(H,19,24). The normalized spacial score (nSPS) is 11.0. The maximum absolute atomic E-state index is 12.7. The molecule has 136 valence electrons. The molecule has 8 nitrogen and oxygen atoms in total. The number of carbonyl (C=O) groups excluding carboxylic acids is 1. The van der Waals surface area contributed by atoms with E-state index in [2.05, 4.69) is 15.4 Å². The lowest BCUT2D eigenvalue weighted by molar-refractivity contribution is -0.124. The first-order chi connectivity index (χ1) is 12.6. The van der Waals surface area contributed by atoms with Gasteiger partial charge in [-0.1, -0.05) is 24.3 Å². The zero-order chi connectivity index (χ0) is 18.5. The number of nitrogens with one attached hydrogen (secondary N) is 1. The zero-order valence-electron chi connectivity index (χ0n) is 14.8. The van der Waals surface area contributed by atoms with Crippen LogP contribution in [0.5, 0.6) is 0 Å². The second-order valence-electron chi connectivity index (χ2n) is 5.99. The van der Waals surface area contributed by atoms with E-state index in [-0.39, 0.29) is 18.1 Å². The van der Waals surface area contributed by atoms with Crippen LogP contribution < -0.4 is 10.9 Å². The Morgan fingerprint density at radius 2 is 2.12 bits per heavy atom. The summed E-state index contributed by atoms with van der Waals surface area (Å²) in [6, 6.07) is 7.94. The molecule has 0 radical (unpaired) electrons. The van der Waals surface area contributed by atoms with Crippen molar-refractivity contribution in [3.63, 3.8) is 0 Å². The molecule has 0 aliphatic rings. The van der Waals surface area contributed by atoms with E-state index in [0.29, 0.717) is 30.7 Å². The first-order valence-electron chi connectivity index (χ1n) is 8.31. The molecular weight excluding hydrogens is 334 g/mol. The molecular formula is C18H21N5O3. The van der Waals surface area contributed by atoms with Gasteiger partial charge in [-0.05, 0) is 18.1 Å². The van der Waals surface area contributed by atoms with Crippen molar-refractivity contribution >= 4 is 16.9 Å². The molecule has 0 saturated heterocycles. The second kappa shape index (κ2) is 7.92. The monoisotopic (exact) mass is 355 g/mol. The van der Waals surface area contributed by atoms with Gasteiger partial charge in [0.2, 0.25) is 5.91 Å². The van der Waals surface area contributed by atoms with Crippen LogP contribution in [0.25, 0.3) is 11.0 Å². The van der Waals surface area contributed by atoms with Crippen LogP contribution in [0.2, 0.25) is 0 Å². The summed E-state index contributed by atoms with van der Waals surface area (Å²) in [7, 11) is 1.46. The Labute approximate surface area is 150 Å². The molecule has 8 heteroatoms. The number of carbonyl (C=O) groups is 1. The predicted octanol–water partition coefficient (Wildman–Crippen LogP) is 0.712. The van der Waals surface area contributed by atoms with Gasteiger partial charge in [-0.2, -0.15) is 5.10 Å². The van der Waals surface area contributed by atoms with Crippen LogP contribution in [0.15, 0.2) is 41.6 Å². The fraction of sp³-hybridized carbons (Fsp3) is 0.333. The first-order valence-corrected chi connectivity index (χ1v) is 8.31. The molecule has 2 heterocycles. The SMILES string of the molecule is COCC(=O)NCCn1ncc2c(=O)n(Cc3ccccc3C)cnc21. The van der Waals surface area contributed by atoms with Gasteiger partial charge in [-0.15, -0.1) is 0 Å². The topological polar surface area (TPSA) is 91.0 Å². The fourth-order valence-corrected chi connectivity index (χ4v) is 2.73. The van der Waals surface area contributed by atoms with Crippen molar-refractivity contribution in [3.05, 3.63) is 58.3 Å². The molecule has 2 aromatic heterocycles. The lowest BCUT2D eigenvalue weighted by Gasteiger charge is -2.09. The quantitative estimate of drug-likeness (QED) is 0.674. The molecule has 0 bridgehead atoms. The van der Waals surface area contributed by atoms with Gasteiger partial charge < -0.3 is 10.1 Å². The second-order valence-corrected chi connectivity index (χ2v) is 5.99. The van der Waals surface area contributed by atoms with Crippen LogP contribution in [0.3, 0.4) is 0 Å². The van der Waals surface area contributed by atoms with E-state index in [9.17, 15) is 9.59 Å². The summed E-state index contributed by atoms with van der Waals surface area (Å²) in [6.45, 7) is 3.30. The Morgan fingerprint density at radius 1 is 1.31 bits per heavy atom. The molecule has 0 atom stereocenters.